The third kappa shape index (κ3) is 2.78. The molecular weight excluding hydrogens is 330 g/mol. The molecule has 0 spiro atoms. The molecule has 4 rings (SSSR count). The fourth-order valence-corrected chi connectivity index (χ4v) is 3.61. The normalized spacial score (nSPS) is 16.7. The van der Waals surface area contributed by atoms with Gasteiger partial charge in [-0.15, -0.1) is 10.2 Å². The summed E-state index contributed by atoms with van der Waals surface area (Å²) in [4.78, 5) is 14.8. The lowest BCUT2D eigenvalue weighted by Crippen LogP contribution is -2.50. The summed E-state index contributed by atoms with van der Waals surface area (Å²) >= 11 is 0. The van der Waals surface area contributed by atoms with E-state index in [4.69, 9.17) is 4.42 Å². The number of carbonyl (C=O) groups excluding carboxylic acids is 1. The molecule has 0 saturated carbocycles. The van der Waals surface area contributed by atoms with Gasteiger partial charge in [-0.3, -0.25) is 10.1 Å². The third-order valence-corrected chi connectivity index (χ3v) is 5.06. The standard InChI is InChI=1S/C19H23N5O2/c1-4-16-14(13-7-5-6-8-17(13)26-16)10-23(3)19(25)15-11-24-12(2)21-22-18(24)9-20-15/h5-8,15,20H,4,9-11H2,1-3H3. The predicted octanol–water partition coefficient (Wildman–Crippen LogP) is 2.03. The number of nitrogens with one attached hydrogen (secondary N) is 1. The maximum atomic E-state index is 13.0. The number of furan rings is 1. The van der Waals surface area contributed by atoms with Crippen LogP contribution in [0.4, 0.5) is 0 Å². The summed E-state index contributed by atoms with van der Waals surface area (Å²) in [6.07, 6.45) is 0.803. The van der Waals surface area contributed by atoms with E-state index in [-0.39, 0.29) is 11.9 Å². The number of hydrogen-bond acceptors (Lipinski definition) is 5. The molecular formula is C19H23N5O2. The zero-order valence-corrected chi connectivity index (χ0v) is 15.3. The second kappa shape index (κ2) is 6.57. The maximum Gasteiger partial charge on any atom is 0.241 e. The van der Waals surface area contributed by atoms with Crippen LogP contribution in [0.3, 0.4) is 0 Å². The van der Waals surface area contributed by atoms with Crippen molar-refractivity contribution in [1.82, 2.24) is 25.0 Å². The van der Waals surface area contributed by atoms with Crippen LogP contribution in [0.25, 0.3) is 11.0 Å². The molecule has 1 aliphatic rings. The molecule has 7 heteroatoms. The number of aromatic nitrogens is 3. The monoisotopic (exact) mass is 353 g/mol. The van der Waals surface area contributed by atoms with Gasteiger partial charge >= 0.3 is 0 Å². The van der Waals surface area contributed by atoms with Gasteiger partial charge in [0.25, 0.3) is 0 Å². The van der Waals surface area contributed by atoms with Gasteiger partial charge in [-0.05, 0) is 13.0 Å². The summed E-state index contributed by atoms with van der Waals surface area (Å²) in [6, 6.07) is 7.72. The van der Waals surface area contributed by atoms with Gasteiger partial charge in [-0.1, -0.05) is 25.1 Å². The first-order valence-corrected chi connectivity index (χ1v) is 8.94. The van der Waals surface area contributed by atoms with Crippen LogP contribution in [-0.4, -0.2) is 38.7 Å². The fourth-order valence-electron chi connectivity index (χ4n) is 3.61. The van der Waals surface area contributed by atoms with E-state index < -0.39 is 0 Å². The predicted molar refractivity (Wildman–Crippen MR) is 97.5 cm³/mol. The molecule has 136 valence electrons. The molecule has 0 fully saturated rings. The second-order valence-corrected chi connectivity index (χ2v) is 6.76. The van der Waals surface area contributed by atoms with E-state index >= 15 is 0 Å². The molecule has 1 aromatic carbocycles. The summed E-state index contributed by atoms with van der Waals surface area (Å²) in [5.41, 5.74) is 1.97. The van der Waals surface area contributed by atoms with Gasteiger partial charge in [0.05, 0.1) is 6.54 Å². The molecule has 1 amide bonds. The molecule has 0 saturated heterocycles. The number of carbonyl (C=O) groups is 1. The van der Waals surface area contributed by atoms with Crippen molar-refractivity contribution in [3.05, 3.63) is 47.2 Å². The van der Waals surface area contributed by atoms with Crippen molar-refractivity contribution in [3.8, 4) is 0 Å². The van der Waals surface area contributed by atoms with Crippen LogP contribution >= 0.6 is 0 Å². The zero-order chi connectivity index (χ0) is 18.3. The van der Waals surface area contributed by atoms with Gasteiger partial charge in [0, 0.05) is 37.5 Å². The van der Waals surface area contributed by atoms with Crippen molar-refractivity contribution >= 4 is 16.9 Å². The van der Waals surface area contributed by atoms with Crippen LogP contribution in [0.2, 0.25) is 0 Å². The van der Waals surface area contributed by atoms with E-state index in [9.17, 15) is 4.79 Å². The van der Waals surface area contributed by atoms with E-state index in [1.165, 1.54) is 0 Å². The fraction of sp³-hybridized carbons (Fsp3) is 0.421. The Morgan fingerprint density at radius 2 is 2.19 bits per heavy atom. The Labute approximate surface area is 152 Å². The minimum absolute atomic E-state index is 0.0658. The van der Waals surface area contributed by atoms with E-state index in [1.54, 1.807) is 4.90 Å². The molecule has 7 nitrogen and oxygen atoms in total. The molecule has 3 heterocycles. The van der Waals surface area contributed by atoms with Crippen molar-refractivity contribution in [2.75, 3.05) is 7.05 Å². The average molecular weight is 353 g/mol. The minimum Gasteiger partial charge on any atom is -0.461 e. The van der Waals surface area contributed by atoms with Crippen LogP contribution in [0.1, 0.15) is 29.9 Å². The summed E-state index contributed by atoms with van der Waals surface area (Å²) in [6.45, 7) is 5.63. The van der Waals surface area contributed by atoms with Crippen molar-refractivity contribution in [3.63, 3.8) is 0 Å². The molecule has 1 atom stereocenters. The van der Waals surface area contributed by atoms with E-state index in [0.717, 1.165) is 40.4 Å². The van der Waals surface area contributed by atoms with Crippen LogP contribution in [0.15, 0.2) is 28.7 Å². The lowest BCUT2D eigenvalue weighted by molar-refractivity contribution is -0.133. The molecule has 26 heavy (non-hydrogen) atoms. The van der Waals surface area contributed by atoms with Crippen LogP contribution in [-0.2, 0) is 30.8 Å². The molecule has 3 aromatic rings. The number of fused-ring (bicyclic) bond motifs is 2. The quantitative estimate of drug-likeness (QED) is 0.777. The average Bonchev–Trinajstić information content (AvgIpc) is 3.21. The molecule has 2 aromatic heterocycles. The Hall–Kier alpha value is -2.67. The number of aryl methyl sites for hydroxylation is 2. The molecule has 0 radical (unpaired) electrons. The van der Waals surface area contributed by atoms with Gasteiger partial charge in [0.1, 0.15) is 29.0 Å². The largest absolute Gasteiger partial charge is 0.461 e. The first-order valence-electron chi connectivity index (χ1n) is 8.94. The number of rotatable bonds is 4. The van der Waals surface area contributed by atoms with Crippen molar-refractivity contribution in [2.24, 2.45) is 0 Å². The highest BCUT2D eigenvalue weighted by Gasteiger charge is 2.29. The number of para-hydroxylation sites is 1. The highest BCUT2D eigenvalue weighted by Crippen LogP contribution is 2.27. The third-order valence-electron chi connectivity index (χ3n) is 5.06. The SMILES string of the molecule is CCc1oc2ccccc2c1CN(C)C(=O)C1Cn2c(C)nnc2CN1. The molecule has 1 unspecified atom stereocenters. The Morgan fingerprint density at radius 3 is 3.00 bits per heavy atom. The number of likely N-dealkylation sites (N-methyl/N-ethyl adjacent to an activating group) is 1. The van der Waals surface area contributed by atoms with Gasteiger partial charge in [-0.2, -0.15) is 0 Å². The first kappa shape index (κ1) is 16.8. The number of hydrogen-bond donors (Lipinski definition) is 1. The molecule has 0 aliphatic carbocycles. The highest BCUT2D eigenvalue weighted by atomic mass is 16.3. The van der Waals surface area contributed by atoms with E-state index in [0.29, 0.717) is 19.6 Å². The summed E-state index contributed by atoms with van der Waals surface area (Å²) in [5.74, 6) is 2.73. The second-order valence-electron chi connectivity index (χ2n) is 6.76. The first-order chi connectivity index (χ1) is 12.6. The number of amides is 1. The lowest BCUT2D eigenvalue weighted by Gasteiger charge is -2.28. The van der Waals surface area contributed by atoms with Gasteiger partial charge in [0.2, 0.25) is 5.91 Å². The Bertz CT molecular complexity index is 958. The van der Waals surface area contributed by atoms with Crippen LogP contribution in [0.5, 0.6) is 0 Å². The van der Waals surface area contributed by atoms with Crippen molar-refractivity contribution in [2.45, 2.75) is 45.9 Å². The topological polar surface area (TPSA) is 76.2 Å². The minimum atomic E-state index is -0.273. The maximum absolute atomic E-state index is 13.0. The molecule has 1 N–H and O–H groups in total. The van der Waals surface area contributed by atoms with Crippen molar-refractivity contribution in [1.29, 1.82) is 0 Å². The van der Waals surface area contributed by atoms with Gasteiger partial charge in [0.15, 0.2) is 0 Å². The summed E-state index contributed by atoms with van der Waals surface area (Å²) in [7, 11) is 1.85. The Balaban J connectivity index is 1.55. The van der Waals surface area contributed by atoms with E-state index in [2.05, 4.69) is 28.5 Å². The van der Waals surface area contributed by atoms with E-state index in [1.807, 2.05) is 36.7 Å². The Morgan fingerprint density at radius 1 is 1.38 bits per heavy atom. The molecule has 1 aliphatic heterocycles. The van der Waals surface area contributed by atoms with Gasteiger partial charge < -0.3 is 13.9 Å². The zero-order valence-electron chi connectivity index (χ0n) is 15.3. The van der Waals surface area contributed by atoms with Crippen LogP contribution < -0.4 is 5.32 Å². The smallest absolute Gasteiger partial charge is 0.241 e. The van der Waals surface area contributed by atoms with Crippen LogP contribution in [0, 0.1) is 6.92 Å². The number of nitrogens with zero attached hydrogens (tertiary/aromatic N) is 4. The Kier molecular flexibility index (Phi) is 4.24. The van der Waals surface area contributed by atoms with Crippen molar-refractivity contribution < 1.29 is 9.21 Å². The molecule has 0 bridgehead atoms. The summed E-state index contributed by atoms with van der Waals surface area (Å²) in [5, 5.41) is 12.6. The highest BCUT2D eigenvalue weighted by molar-refractivity contribution is 5.85. The van der Waals surface area contributed by atoms with Gasteiger partial charge in [-0.25, -0.2) is 0 Å². The summed E-state index contributed by atoms with van der Waals surface area (Å²) < 4.78 is 7.96. The number of benzene rings is 1. The lowest BCUT2D eigenvalue weighted by atomic mass is 10.1.